The molecule has 0 saturated carbocycles. The first kappa shape index (κ1) is 13.0. The summed E-state index contributed by atoms with van der Waals surface area (Å²) >= 11 is 2.06. The van der Waals surface area contributed by atoms with Crippen LogP contribution in [0.4, 0.5) is 0 Å². The summed E-state index contributed by atoms with van der Waals surface area (Å²) in [7, 11) is 0. The molecular weight excluding hydrogens is 254 g/mol. The van der Waals surface area contributed by atoms with Crippen LogP contribution in [0.25, 0.3) is 0 Å². The summed E-state index contributed by atoms with van der Waals surface area (Å²) in [6, 6.07) is 8.08. The topological polar surface area (TPSA) is 44.0 Å². The van der Waals surface area contributed by atoms with E-state index in [1.54, 1.807) is 0 Å². The van der Waals surface area contributed by atoms with Crippen molar-refractivity contribution in [1.82, 2.24) is 0 Å². The fourth-order valence-electron chi connectivity index (χ4n) is 3.39. The number of fused-ring (bicyclic) bond motifs is 2. The summed E-state index contributed by atoms with van der Waals surface area (Å²) in [5, 5.41) is 21.4. The molecule has 0 aliphatic carbocycles. The Hall–Kier alpha value is -0.980. The molecule has 3 rings (SSSR count). The minimum Gasteiger partial charge on any atom is -0.385 e. The Bertz CT molecular complexity index is 522. The fourth-order valence-corrected chi connectivity index (χ4v) is 5.28. The average Bonchev–Trinajstić information content (AvgIpc) is 2.38. The molecule has 2 nitrogen and oxygen atoms in total. The molecule has 3 heteroatoms. The Morgan fingerprint density at radius 2 is 2.00 bits per heavy atom. The normalized spacial score (nSPS) is 33.7. The van der Waals surface area contributed by atoms with Crippen molar-refractivity contribution in [2.24, 2.45) is 0 Å². The highest BCUT2D eigenvalue weighted by atomic mass is 32.2. The third-order valence-corrected chi connectivity index (χ3v) is 6.04. The lowest BCUT2D eigenvalue weighted by molar-refractivity contribution is 0.00810. The molecule has 0 radical (unpaired) electrons. The standard InChI is InChI=1S/C16H19NOS/c1-11-5-6-13(7-12(11)10-17)16(18)8-14-3-2-4-15(9-16)19-14/h5-7,14-15,18H,2-4,8-9H2,1H3. The minimum absolute atomic E-state index is 0.587. The van der Waals surface area contributed by atoms with E-state index in [0.717, 1.165) is 24.0 Å². The summed E-state index contributed by atoms with van der Waals surface area (Å²) in [6.45, 7) is 1.94. The van der Waals surface area contributed by atoms with E-state index >= 15 is 0 Å². The Kier molecular flexibility index (Phi) is 3.32. The molecule has 0 aromatic heterocycles. The first-order valence-electron chi connectivity index (χ1n) is 7.00. The molecule has 2 saturated heterocycles. The van der Waals surface area contributed by atoms with E-state index < -0.39 is 5.60 Å². The van der Waals surface area contributed by atoms with Gasteiger partial charge >= 0.3 is 0 Å². The second kappa shape index (κ2) is 4.85. The number of nitrogens with zero attached hydrogens (tertiary/aromatic N) is 1. The zero-order valence-corrected chi connectivity index (χ0v) is 12.0. The van der Waals surface area contributed by atoms with Crippen LogP contribution in [0.5, 0.6) is 0 Å². The van der Waals surface area contributed by atoms with Crippen LogP contribution in [-0.4, -0.2) is 15.6 Å². The third-order valence-electron chi connectivity index (χ3n) is 4.46. The molecule has 19 heavy (non-hydrogen) atoms. The number of aryl methyl sites for hydroxylation is 1. The van der Waals surface area contributed by atoms with E-state index in [0.29, 0.717) is 16.1 Å². The van der Waals surface area contributed by atoms with Crippen molar-refractivity contribution in [2.45, 2.75) is 55.1 Å². The van der Waals surface area contributed by atoms with Crippen molar-refractivity contribution in [3.05, 3.63) is 34.9 Å². The molecule has 2 heterocycles. The summed E-state index contributed by atoms with van der Waals surface area (Å²) in [5.41, 5.74) is 1.89. The van der Waals surface area contributed by atoms with Crippen LogP contribution in [0.3, 0.4) is 0 Å². The van der Waals surface area contributed by atoms with Gasteiger partial charge in [0.25, 0.3) is 0 Å². The Morgan fingerprint density at radius 3 is 2.63 bits per heavy atom. The van der Waals surface area contributed by atoms with Crippen molar-refractivity contribution < 1.29 is 5.11 Å². The van der Waals surface area contributed by atoms with Gasteiger partial charge in [-0.3, -0.25) is 0 Å². The van der Waals surface area contributed by atoms with Crippen LogP contribution in [0, 0.1) is 18.3 Å². The van der Waals surface area contributed by atoms with Crippen LogP contribution in [0.1, 0.15) is 48.8 Å². The highest BCUT2D eigenvalue weighted by molar-refractivity contribution is 8.00. The maximum absolute atomic E-state index is 11.0. The number of hydrogen-bond donors (Lipinski definition) is 1. The van der Waals surface area contributed by atoms with Crippen LogP contribution in [-0.2, 0) is 5.60 Å². The quantitative estimate of drug-likeness (QED) is 0.851. The van der Waals surface area contributed by atoms with E-state index in [1.807, 2.05) is 25.1 Å². The van der Waals surface area contributed by atoms with Gasteiger partial charge in [-0.2, -0.15) is 17.0 Å². The Labute approximate surface area is 118 Å². The van der Waals surface area contributed by atoms with Crippen molar-refractivity contribution in [1.29, 1.82) is 5.26 Å². The molecule has 1 N–H and O–H groups in total. The number of nitriles is 1. The molecule has 1 aromatic carbocycles. The van der Waals surface area contributed by atoms with E-state index in [1.165, 1.54) is 19.3 Å². The Morgan fingerprint density at radius 1 is 1.32 bits per heavy atom. The van der Waals surface area contributed by atoms with Crippen molar-refractivity contribution in [3.8, 4) is 6.07 Å². The molecule has 2 aliphatic rings. The van der Waals surface area contributed by atoms with E-state index in [4.69, 9.17) is 5.26 Å². The lowest BCUT2D eigenvalue weighted by atomic mass is 9.80. The van der Waals surface area contributed by atoms with Gasteiger partial charge < -0.3 is 5.11 Å². The summed E-state index contributed by atoms with van der Waals surface area (Å²) in [4.78, 5) is 0. The predicted octanol–water partition coefficient (Wildman–Crippen LogP) is 3.50. The first-order valence-corrected chi connectivity index (χ1v) is 7.94. The predicted molar refractivity (Wildman–Crippen MR) is 78.0 cm³/mol. The van der Waals surface area contributed by atoms with Crippen molar-refractivity contribution in [3.63, 3.8) is 0 Å². The second-order valence-electron chi connectivity index (χ2n) is 5.89. The van der Waals surface area contributed by atoms with Crippen molar-refractivity contribution in [2.75, 3.05) is 0 Å². The fraction of sp³-hybridized carbons (Fsp3) is 0.562. The summed E-state index contributed by atoms with van der Waals surface area (Å²) < 4.78 is 0. The SMILES string of the molecule is Cc1ccc(C2(O)CC3CCCC(C2)S3)cc1C#N. The monoisotopic (exact) mass is 273 g/mol. The highest BCUT2D eigenvalue weighted by Crippen LogP contribution is 2.49. The van der Waals surface area contributed by atoms with E-state index in [9.17, 15) is 5.11 Å². The Balaban J connectivity index is 1.94. The molecule has 0 spiro atoms. The minimum atomic E-state index is -0.722. The number of aliphatic hydroxyl groups is 1. The van der Waals surface area contributed by atoms with Gasteiger partial charge in [0, 0.05) is 10.5 Å². The maximum atomic E-state index is 11.0. The molecule has 2 aliphatic heterocycles. The van der Waals surface area contributed by atoms with Gasteiger partial charge in [-0.25, -0.2) is 0 Å². The van der Waals surface area contributed by atoms with Gasteiger partial charge in [-0.1, -0.05) is 18.6 Å². The molecule has 2 fully saturated rings. The van der Waals surface area contributed by atoms with Crippen molar-refractivity contribution >= 4 is 11.8 Å². The van der Waals surface area contributed by atoms with Crippen LogP contribution >= 0.6 is 11.8 Å². The van der Waals surface area contributed by atoms with E-state index in [2.05, 4.69) is 17.8 Å². The maximum Gasteiger partial charge on any atom is 0.0994 e. The summed E-state index contributed by atoms with van der Waals surface area (Å²) in [5.74, 6) is 0. The third kappa shape index (κ3) is 2.40. The lowest BCUT2D eigenvalue weighted by Gasteiger charge is -2.44. The lowest BCUT2D eigenvalue weighted by Crippen LogP contribution is -2.40. The van der Waals surface area contributed by atoms with Gasteiger partial charge in [0.1, 0.15) is 0 Å². The zero-order chi connectivity index (χ0) is 13.5. The highest BCUT2D eigenvalue weighted by Gasteiger charge is 2.42. The van der Waals surface area contributed by atoms with Crippen LogP contribution < -0.4 is 0 Å². The van der Waals surface area contributed by atoms with E-state index in [-0.39, 0.29) is 0 Å². The van der Waals surface area contributed by atoms with Gasteiger partial charge in [0.2, 0.25) is 0 Å². The van der Waals surface area contributed by atoms with Gasteiger partial charge in [0.15, 0.2) is 0 Å². The van der Waals surface area contributed by atoms with Gasteiger partial charge in [-0.15, -0.1) is 0 Å². The zero-order valence-electron chi connectivity index (χ0n) is 11.2. The van der Waals surface area contributed by atoms with Crippen LogP contribution in [0.15, 0.2) is 18.2 Å². The molecule has 0 amide bonds. The molecular formula is C16H19NOS. The number of rotatable bonds is 1. The van der Waals surface area contributed by atoms with Gasteiger partial charge in [0.05, 0.1) is 17.2 Å². The first-order chi connectivity index (χ1) is 9.10. The smallest absolute Gasteiger partial charge is 0.0994 e. The number of benzene rings is 1. The molecule has 1 aromatic rings. The molecule has 2 atom stereocenters. The number of thioether (sulfide) groups is 1. The molecule has 2 bridgehead atoms. The largest absolute Gasteiger partial charge is 0.385 e. The molecule has 100 valence electrons. The number of hydrogen-bond acceptors (Lipinski definition) is 3. The van der Waals surface area contributed by atoms with Crippen LogP contribution in [0.2, 0.25) is 0 Å². The molecule has 2 unspecified atom stereocenters. The summed E-state index contributed by atoms with van der Waals surface area (Å²) in [6.07, 6.45) is 5.42. The average molecular weight is 273 g/mol. The van der Waals surface area contributed by atoms with Gasteiger partial charge in [-0.05, 0) is 49.8 Å². The second-order valence-corrected chi connectivity index (χ2v) is 7.50.